The highest BCUT2D eigenvalue weighted by Crippen LogP contribution is 2.36. The van der Waals surface area contributed by atoms with Crippen molar-refractivity contribution in [3.63, 3.8) is 0 Å². The van der Waals surface area contributed by atoms with Gasteiger partial charge in [-0.15, -0.1) is 0 Å². The Morgan fingerprint density at radius 3 is 1.82 bits per heavy atom. The quantitative estimate of drug-likeness (QED) is 0.718. The van der Waals surface area contributed by atoms with E-state index in [-0.39, 0.29) is 11.6 Å². The van der Waals surface area contributed by atoms with Crippen LogP contribution in [0.3, 0.4) is 0 Å². The lowest BCUT2D eigenvalue weighted by molar-refractivity contribution is 0.218. The minimum absolute atomic E-state index is 0.0392. The Labute approximate surface area is 101 Å². The van der Waals surface area contributed by atoms with E-state index >= 15 is 0 Å². The van der Waals surface area contributed by atoms with Gasteiger partial charge in [0.15, 0.2) is 11.5 Å². The van der Waals surface area contributed by atoms with E-state index in [0.29, 0.717) is 17.2 Å². The van der Waals surface area contributed by atoms with Gasteiger partial charge in [-0.1, -0.05) is 0 Å². The van der Waals surface area contributed by atoms with Gasteiger partial charge < -0.3 is 24.3 Å². The van der Waals surface area contributed by atoms with Crippen molar-refractivity contribution in [2.75, 3.05) is 14.2 Å². The monoisotopic (exact) mass is 240 g/mol. The molecule has 0 heterocycles. The zero-order valence-electron chi connectivity index (χ0n) is 10.4. The summed E-state index contributed by atoms with van der Waals surface area (Å²) in [5.41, 5.74) is 0.287. The Bertz CT molecular complexity index is 353. The molecule has 0 spiro atoms. The molecular weight excluding hydrogens is 223 g/mol. The summed E-state index contributed by atoms with van der Waals surface area (Å²) in [7, 11) is 1.39. The van der Waals surface area contributed by atoms with E-state index in [1.807, 2.05) is 13.8 Å². The summed E-state index contributed by atoms with van der Waals surface area (Å²) in [6.07, 6.45) is -0.0392. The van der Waals surface area contributed by atoms with Crippen LogP contribution >= 0.6 is 0 Å². The number of rotatable bonds is 5. The molecule has 1 aromatic rings. The van der Waals surface area contributed by atoms with Crippen molar-refractivity contribution in [2.24, 2.45) is 0 Å². The second-order valence-electron chi connectivity index (χ2n) is 3.79. The molecule has 0 saturated heterocycles. The van der Waals surface area contributed by atoms with Gasteiger partial charge in [-0.25, -0.2) is 0 Å². The summed E-state index contributed by atoms with van der Waals surface area (Å²) >= 11 is 0. The summed E-state index contributed by atoms with van der Waals surface area (Å²) in [6, 6.07) is 3.01. The molecule has 0 unspecified atom stereocenters. The number of hydrogen-bond donors (Lipinski definition) is 2. The van der Waals surface area contributed by atoms with E-state index in [2.05, 4.69) is 0 Å². The Kier molecular flexibility index (Phi) is 4.66. The first-order valence-corrected chi connectivity index (χ1v) is 5.28. The normalized spacial score (nSPS) is 10.3. The van der Waals surface area contributed by atoms with Crippen LogP contribution in [0.25, 0.3) is 0 Å². The molecule has 2 N–H and O–H groups in total. The summed E-state index contributed by atoms with van der Waals surface area (Å²) in [5.74, 6) is 1.26. The molecule has 0 aromatic heterocycles. The summed E-state index contributed by atoms with van der Waals surface area (Å²) < 4.78 is 15.9. The van der Waals surface area contributed by atoms with Crippen molar-refractivity contribution in [3.8, 4) is 17.2 Å². The fourth-order valence-corrected chi connectivity index (χ4v) is 1.40. The second kappa shape index (κ2) is 5.79. The van der Waals surface area contributed by atoms with Crippen LogP contribution in [0, 0.1) is 0 Å². The van der Waals surface area contributed by atoms with Crippen molar-refractivity contribution >= 4 is 12.6 Å². The maximum Gasteiger partial charge on any atom is 0.488 e. The first-order valence-electron chi connectivity index (χ1n) is 5.28. The molecule has 0 aliphatic heterocycles. The van der Waals surface area contributed by atoms with Crippen molar-refractivity contribution in [1.82, 2.24) is 0 Å². The Morgan fingerprint density at radius 2 is 1.53 bits per heavy atom. The molecule has 6 heteroatoms. The predicted octanol–water partition coefficient (Wildman–Crippen LogP) is 0.171. The van der Waals surface area contributed by atoms with E-state index in [1.54, 1.807) is 0 Å². The van der Waals surface area contributed by atoms with Crippen molar-refractivity contribution in [1.29, 1.82) is 0 Å². The SMILES string of the molecule is COc1cc(B(O)O)cc(OC)c1OC(C)C. The van der Waals surface area contributed by atoms with Gasteiger partial charge >= 0.3 is 7.12 Å². The highest BCUT2D eigenvalue weighted by molar-refractivity contribution is 6.58. The van der Waals surface area contributed by atoms with Gasteiger partial charge in [0.2, 0.25) is 5.75 Å². The van der Waals surface area contributed by atoms with Gasteiger partial charge in [0.25, 0.3) is 0 Å². The van der Waals surface area contributed by atoms with Crippen LogP contribution in [-0.4, -0.2) is 37.5 Å². The zero-order chi connectivity index (χ0) is 13.0. The Morgan fingerprint density at radius 1 is 1.06 bits per heavy atom. The molecule has 0 aliphatic carbocycles. The highest BCUT2D eigenvalue weighted by atomic mass is 16.5. The average molecular weight is 240 g/mol. The molecule has 0 fully saturated rings. The lowest BCUT2D eigenvalue weighted by Crippen LogP contribution is -2.30. The van der Waals surface area contributed by atoms with Crippen molar-refractivity contribution in [2.45, 2.75) is 20.0 Å². The summed E-state index contributed by atoms with van der Waals surface area (Å²) in [6.45, 7) is 3.77. The molecule has 5 nitrogen and oxygen atoms in total. The molecule has 1 aromatic carbocycles. The molecule has 0 saturated carbocycles. The maximum atomic E-state index is 9.14. The summed E-state index contributed by atoms with van der Waals surface area (Å²) in [4.78, 5) is 0. The standard InChI is InChI=1S/C11H17BO5/c1-7(2)17-11-9(15-3)5-8(12(13)14)6-10(11)16-4/h5-7,13-14H,1-4H3. The summed E-state index contributed by atoms with van der Waals surface area (Å²) in [5, 5.41) is 18.3. The highest BCUT2D eigenvalue weighted by Gasteiger charge is 2.20. The topological polar surface area (TPSA) is 68.2 Å². The van der Waals surface area contributed by atoms with Gasteiger partial charge in [0.1, 0.15) is 0 Å². The van der Waals surface area contributed by atoms with Crippen LogP contribution in [0.15, 0.2) is 12.1 Å². The van der Waals surface area contributed by atoms with Gasteiger partial charge in [0.05, 0.1) is 20.3 Å². The lowest BCUT2D eigenvalue weighted by Gasteiger charge is -2.17. The van der Waals surface area contributed by atoms with Gasteiger partial charge in [-0.05, 0) is 31.4 Å². The minimum atomic E-state index is -1.58. The largest absolute Gasteiger partial charge is 0.493 e. The van der Waals surface area contributed by atoms with Crippen molar-refractivity contribution < 1.29 is 24.3 Å². The Balaban J connectivity index is 3.26. The fourth-order valence-electron chi connectivity index (χ4n) is 1.40. The van der Waals surface area contributed by atoms with Gasteiger partial charge in [0, 0.05) is 0 Å². The molecule has 17 heavy (non-hydrogen) atoms. The van der Waals surface area contributed by atoms with Crippen LogP contribution < -0.4 is 19.7 Å². The molecule has 94 valence electrons. The Hall–Kier alpha value is -1.40. The van der Waals surface area contributed by atoms with E-state index in [1.165, 1.54) is 26.4 Å². The number of benzene rings is 1. The zero-order valence-corrected chi connectivity index (χ0v) is 10.4. The van der Waals surface area contributed by atoms with E-state index in [9.17, 15) is 0 Å². The predicted molar refractivity (Wildman–Crippen MR) is 65.1 cm³/mol. The number of methoxy groups -OCH3 is 2. The molecule has 0 amide bonds. The minimum Gasteiger partial charge on any atom is -0.493 e. The van der Waals surface area contributed by atoms with Crippen LogP contribution in [0.4, 0.5) is 0 Å². The average Bonchev–Trinajstić information content (AvgIpc) is 2.28. The lowest BCUT2D eigenvalue weighted by atomic mass is 9.80. The molecule has 0 atom stereocenters. The van der Waals surface area contributed by atoms with Gasteiger partial charge in [-0.3, -0.25) is 0 Å². The fraction of sp³-hybridized carbons (Fsp3) is 0.455. The molecule has 0 bridgehead atoms. The van der Waals surface area contributed by atoms with Crippen LogP contribution in [-0.2, 0) is 0 Å². The molecule has 1 rings (SSSR count). The molecule has 0 radical (unpaired) electrons. The first kappa shape index (κ1) is 13.7. The molecular formula is C11H17BO5. The number of ether oxygens (including phenoxy) is 3. The van der Waals surface area contributed by atoms with Crippen LogP contribution in [0.1, 0.15) is 13.8 Å². The van der Waals surface area contributed by atoms with Crippen LogP contribution in [0.5, 0.6) is 17.2 Å². The maximum absolute atomic E-state index is 9.14. The van der Waals surface area contributed by atoms with E-state index in [4.69, 9.17) is 24.3 Å². The van der Waals surface area contributed by atoms with Gasteiger partial charge in [-0.2, -0.15) is 0 Å². The van der Waals surface area contributed by atoms with Crippen LogP contribution in [0.2, 0.25) is 0 Å². The van der Waals surface area contributed by atoms with E-state index in [0.717, 1.165) is 0 Å². The third-order valence-corrected chi connectivity index (χ3v) is 2.13. The second-order valence-corrected chi connectivity index (χ2v) is 3.79. The first-order chi connectivity index (χ1) is 7.99. The third-order valence-electron chi connectivity index (χ3n) is 2.13. The smallest absolute Gasteiger partial charge is 0.488 e. The molecule has 0 aliphatic rings. The number of hydrogen-bond acceptors (Lipinski definition) is 5. The van der Waals surface area contributed by atoms with E-state index < -0.39 is 7.12 Å². The third kappa shape index (κ3) is 3.28. The van der Waals surface area contributed by atoms with Crippen molar-refractivity contribution in [3.05, 3.63) is 12.1 Å².